The number of likely N-dealkylation sites (N-methyl/N-ethyl adjacent to an activating group) is 1. The van der Waals surface area contributed by atoms with Gasteiger partial charge in [0.05, 0.1) is 16.1 Å². The van der Waals surface area contributed by atoms with Crippen molar-refractivity contribution in [3.63, 3.8) is 0 Å². The van der Waals surface area contributed by atoms with E-state index in [4.69, 9.17) is 5.21 Å². The van der Waals surface area contributed by atoms with Gasteiger partial charge < -0.3 is 20.7 Å². The van der Waals surface area contributed by atoms with Gasteiger partial charge in [0.15, 0.2) is 0 Å². The topological polar surface area (TPSA) is 89.9 Å². The summed E-state index contributed by atoms with van der Waals surface area (Å²) in [6.45, 7) is 1.36. The van der Waals surface area contributed by atoms with E-state index < -0.39 is 0 Å². The van der Waals surface area contributed by atoms with Crippen molar-refractivity contribution in [1.82, 2.24) is 15.2 Å². The molecule has 2 aromatic heterocycles. The fourth-order valence-electron chi connectivity index (χ4n) is 3.50. The molecule has 1 aliphatic carbocycles. The van der Waals surface area contributed by atoms with E-state index in [0.29, 0.717) is 11.4 Å². The molecular formula is C21H23N5O2S. The molecular weight excluding hydrogens is 386 g/mol. The highest BCUT2D eigenvalue weighted by Gasteiger charge is 2.21. The van der Waals surface area contributed by atoms with Crippen molar-refractivity contribution in [2.45, 2.75) is 12.8 Å². The fourth-order valence-corrected chi connectivity index (χ4v) is 4.55. The summed E-state index contributed by atoms with van der Waals surface area (Å²) in [4.78, 5) is 19.7. The zero-order chi connectivity index (χ0) is 20.4. The van der Waals surface area contributed by atoms with Crippen LogP contribution in [0.1, 0.15) is 27.2 Å². The number of carbonyl (C=O) groups excluding carboxylic acids is 1. The summed E-state index contributed by atoms with van der Waals surface area (Å²) in [5, 5.41) is 19.9. The molecule has 0 bridgehead atoms. The van der Waals surface area contributed by atoms with Gasteiger partial charge in [0.1, 0.15) is 4.88 Å². The number of rotatable bonds is 6. The van der Waals surface area contributed by atoms with Crippen molar-refractivity contribution in [2.75, 3.05) is 32.5 Å². The number of hydrogen-bond donors (Lipinski definition) is 3. The van der Waals surface area contributed by atoms with E-state index in [1.165, 1.54) is 11.3 Å². The highest BCUT2D eigenvalue weighted by atomic mass is 32.1. The Kier molecular flexibility index (Phi) is 5.46. The molecule has 0 unspecified atom stereocenters. The number of anilines is 2. The molecule has 3 aromatic rings. The molecule has 29 heavy (non-hydrogen) atoms. The first kappa shape index (κ1) is 19.4. The van der Waals surface area contributed by atoms with Crippen LogP contribution in [0.4, 0.5) is 11.4 Å². The van der Waals surface area contributed by atoms with Gasteiger partial charge >= 0.3 is 0 Å². The third kappa shape index (κ3) is 3.94. The molecule has 0 aliphatic heterocycles. The molecule has 150 valence electrons. The number of benzene rings is 1. The Morgan fingerprint density at radius 1 is 1.31 bits per heavy atom. The van der Waals surface area contributed by atoms with E-state index in [1.807, 2.05) is 37.2 Å². The van der Waals surface area contributed by atoms with Gasteiger partial charge in [-0.25, -0.2) is 0 Å². The first-order chi connectivity index (χ1) is 14.1. The van der Waals surface area contributed by atoms with Crippen LogP contribution in [0.3, 0.4) is 0 Å². The maximum absolute atomic E-state index is 12.9. The Hall–Kier alpha value is -2.97. The minimum absolute atomic E-state index is 0.0913. The molecule has 0 fully saturated rings. The van der Waals surface area contributed by atoms with Crippen LogP contribution in [-0.2, 0) is 6.42 Å². The second kappa shape index (κ2) is 8.18. The summed E-state index contributed by atoms with van der Waals surface area (Å²) in [6, 6.07) is 7.90. The van der Waals surface area contributed by atoms with E-state index in [1.54, 1.807) is 12.4 Å². The monoisotopic (exact) mass is 409 g/mol. The first-order valence-electron chi connectivity index (χ1n) is 9.47. The number of aromatic nitrogens is 1. The highest BCUT2D eigenvalue weighted by Crippen LogP contribution is 2.38. The van der Waals surface area contributed by atoms with Crippen LogP contribution in [0, 0.1) is 0 Å². The smallest absolute Gasteiger partial charge is 0.263 e. The molecule has 4 rings (SSSR count). The third-order valence-corrected chi connectivity index (χ3v) is 6.12. The number of hydrogen-bond acceptors (Lipinski definition) is 7. The lowest BCUT2D eigenvalue weighted by Gasteiger charge is -2.12. The zero-order valence-corrected chi connectivity index (χ0v) is 17.2. The standard InChI is InChI=1S/C21H23N5O2S/c1-26(2)10-9-23-21(27)20-19(16-7-8-22-12-18(16)29-20)24-14-4-5-15-13(11-14)3-6-17(15)25-28/h4-5,7-8,11-12,24,28H,3,6,9-10H2,1-2H3,(H,23,27)/b25-17+. The molecule has 3 N–H and O–H groups in total. The van der Waals surface area contributed by atoms with E-state index in [9.17, 15) is 4.79 Å². The predicted octanol–water partition coefficient (Wildman–Crippen LogP) is 3.46. The van der Waals surface area contributed by atoms with Crippen molar-refractivity contribution < 1.29 is 10.0 Å². The second-order valence-corrected chi connectivity index (χ2v) is 8.33. The number of oxime groups is 1. The number of nitrogens with one attached hydrogen (secondary N) is 2. The Balaban J connectivity index is 1.65. The maximum Gasteiger partial charge on any atom is 0.263 e. The van der Waals surface area contributed by atoms with Crippen molar-refractivity contribution in [1.29, 1.82) is 0 Å². The molecule has 0 saturated heterocycles. The fraction of sp³-hybridized carbons (Fsp3) is 0.286. The maximum atomic E-state index is 12.9. The van der Waals surface area contributed by atoms with Crippen molar-refractivity contribution in [3.05, 3.63) is 52.7 Å². The molecule has 1 amide bonds. The molecule has 0 saturated carbocycles. The lowest BCUT2D eigenvalue weighted by molar-refractivity contribution is 0.0956. The summed E-state index contributed by atoms with van der Waals surface area (Å²) < 4.78 is 0.962. The predicted molar refractivity (Wildman–Crippen MR) is 117 cm³/mol. The largest absolute Gasteiger partial charge is 0.411 e. The average Bonchev–Trinajstić information content (AvgIpc) is 3.29. The molecule has 1 aromatic carbocycles. The third-order valence-electron chi connectivity index (χ3n) is 4.98. The number of pyridine rings is 1. The Morgan fingerprint density at radius 2 is 2.17 bits per heavy atom. The molecule has 7 nitrogen and oxygen atoms in total. The number of thiophene rings is 1. The van der Waals surface area contributed by atoms with E-state index in [0.717, 1.165) is 57.7 Å². The summed E-state index contributed by atoms with van der Waals surface area (Å²) in [6.07, 6.45) is 5.10. The quantitative estimate of drug-likeness (QED) is 0.429. The van der Waals surface area contributed by atoms with E-state index in [2.05, 4.69) is 26.8 Å². The van der Waals surface area contributed by atoms with Crippen molar-refractivity contribution >= 4 is 44.4 Å². The lowest BCUT2D eigenvalue weighted by Crippen LogP contribution is -2.31. The van der Waals surface area contributed by atoms with Crippen LogP contribution in [0.15, 0.2) is 41.8 Å². The van der Waals surface area contributed by atoms with E-state index >= 15 is 0 Å². The summed E-state index contributed by atoms with van der Waals surface area (Å²) >= 11 is 1.44. The minimum atomic E-state index is -0.0913. The summed E-state index contributed by atoms with van der Waals surface area (Å²) in [5.74, 6) is -0.0913. The second-order valence-electron chi connectivity index (χ2n) is 7.28. The lowest BCUT2D eigenvalue weighted by atomic mass is 10.1. The van der Waals surface area contributed by atoms with Crippen LogP contribution in [0.2, 0.25) is 0 Å². The van der Waals surface area contributed by atoms with Gasteiger partial charge in [0.25, 0.3) is 5.91 Å². The Bertz CT molecular complexity index is 1090. The molecule has 0 radical (unpaired) electrons. The normalized spacial score (nSPS) is 14.5. The van der Waals surface area contributed by atoms with Gasteiger partial charge in [-0.15, -0.1) is 11.3 Å². The molecule has 2 heterocycles. The Morgan fingerprint density at radius 3 is 2.97 bits per heavy atom. The Labute approximate surface area is 173 Å². The van der Waals surface area contributed by atoms with Crippen molar-refractivity contribution in [2.24, 2.45) is 5.16 Å². The highest BCUT2D eigenvalue weighted by molar-refractivity contribution is 7.21. The van der Waals surface area contributed by atoms with Crippen LogP contribution in [0.5, 0.6) is 0 Å². The first-order valence-corrected chi connectivity index (χ1v) is 10.3. The number of aryl methyl sites for hydroxylation is 1. The van der Waals surface area contributed by atoms with Gasteiger partial charge in [0.2, 0.25) is 0 Å². The molecule has 8 heteroatoms. The molecule has 1 aliphatic rings. The average molecular weight is 410 g/mol. The minimum Gasteiger partial charge on any atom is -0.411 e. The van der Waals surface area contributed by atoms with Crippen LogP contribution < -0.4 is 10.6 Å². The van der Waals surface area contributed by atoms with Crippen LogP contribution in [-0.4, -0.2) is 53.9 Å². The SMILES string of the molecule is CN(C)CCNC(=O)c1sc2cnccc2c1Nc1ccc2c(c1)CC/C2=N\O. The number of amides is 1. The number of fused-ring (bicyclic) bond motifs is 2. The van der Waals surface area contributed by atoms with Gasteiger partial charge in [-0.2, -0.15) is 0 Å². The molecule has 0 atom stereocenters. The van der Waals surface area contributed by atoms with Gasteiger partial charge in [-0.3, -0.25) is 9.78 Å². The van der Waals surface area contributed by atoms with Gasteiger partial charge in [-0.05, 0) is 50.7 Å². The zero-order valence-electron chi connectivity index (χ0n) is 16.4. The summed E-state index contributed by atoms with van der Waals surface area (Å²) in [5.41, 5.74) is 4.55. The number of carbonyl (C=O) groups is 1. The van der Waals surface area contributed by atoms with Crippen LogP contribution >= 0.6 is 11.3 Å². The van der Waals surface area contributed by atoms with E-state index in [-0.39, 0.29) is 5.91 Å². The number of nitrogens with zero attached hydrogens (tertiary/aromatic N) is 3. The van der Waals surface area contributed by atoms with Gasteiger partial charge in [0, 0.05) is 42.1 Å². The van der Waals surface area contributed by atoms with Gasteiger partial charge in [-0.1, -0.05) is 11.2 Å². The van der Waals surface area contributed by atoms with Crippen molar-refractivity contribution in [3.8, 4) is 0 Å². The van der Waals surface area contributed by atoms with Crippen LogP contribution in [0.25, 0.3) is 10.1 Å². The summed E-state index contributed by atoms with van der Waals surface area (Å²) in [7, 11) is 3.95. The molecule has 0 spiro atoms.